The van der Waals surface area contributed by atoms with Gasteiger partial charge in [-0.15, -0.1) is 0 Å². The molecule has 0 atom stereocenters. The molecule has 7 heteroatoms. The average molecular weight is 358 g/mol. The van der Waals surface area contributed by atoms with Gasteiger partial charge in [0.2, 0.25) is 6.79 Å². The number of carbonyl (C=O) groups excluding carboxylic acids is 1. The Kier molecular flexibility index (Phi) is 4.72. The van der Waals surface area contributed by atoms with Crippen LogP contribution in [0.15, 0.2) is 16.6 Å². The Morgan fingerprint density at radius 3 is 2.71 bits per heavy atom. The number of benzene rings is 1. The lowest BCUT2D eigenvalue weighted by Gasteiger charge is -2.26. The summed E-state index contributed by atoms with van der Waals surface area (Å²) in [7, 11) is 0. The number of halogens is 1. The van der Waals surface area contributed by atoms with Crippen LogP contribution < -0.4 is 9.47 Å². The van der Waals surface area contributed by atoms with E-state index in [0.29, 0.717) is 21.5 Å². The predicted molar refractivity (Wildman–Crippen MR) is 78.7 cm³/mol. The first-order valence-electron chi connectivity index (χ1n) is 6.52. The molecule has 1 heterocycles. The summed E-state index contributed by atoms with van der Waals surface area (Å²) in [5, 5.41) is 8.79. The molecule has 0 aromatic heterocycles. The second-order valence-corrected chi connectivity index (χ2v) is 5.78. The Morgan fingerprint density at radius 2 is 2.10 bits per heavy atom. The third-order valence-corrected chi connectivity index (χ3v) is 3.71. The Bertz CT molecular complexity index is 573. The number of carbonyl (C=O) groups is 2. The quantitative estimate of drug-likeness (QED) is 0.875. The SMILES string of the molecule is CC(C)N(CCC(=O)O)C(=O)c1cc(Br)c2c(c1)OCO2. The number of nitrogens with zero attached hydrogens (tertiary/aromatic N) is 1. The van der Waals surface area contributed by atoms with Gasteiger partial charge in [0.05, 0.1) is 10.9 Å². The lowest BCUT2D eigenvalue weighted by Crippen LogP contribution is -2.38. The van der Waals surface area contributed by atoms with Crippen LogP contribution in [-0.2, 0) is 4.79 Å². The van der Waals surface area contributed by atoms with Crippen molar-refractivity contribution in [1.82, 2.24) is 4.90 Å². The molecule has 1 aromatic rings. The van der Waals surface area contributed by atoms with Gasteiger partial charge in [-0.3, -0.25) is 9.59 Å². The van der Waals surface area contributed by atoms with E-state index < -0.39 is 5.97 Å². The van der Waals surface area contributed by atoms with Crippen molar-refractivity contribution in [2.24, 2.45) is 0 Å². The third-order valence-electron chi connectivity index (χ3n) is 3.12. The second kappa shape index (κ2) is 6.34. The fourth-order valence-corrected chi connectivity index (χ4v) is 2.62. The minimum Gasteiger partial charge on any atom is -0.481 e. The van der Waals surface area contributed by atoms with Gasteiger partial charge in [-0.05, 0) is 41.9 Å². The molecule has 0 saturated carbocycles. The molecule has 6 nitrogen and oxygen atoms in total. The first-order valence-corrected chi connectivity index (χ1v) is 7.31. The number of carboxylic acid groups (broad SMARTS) is 1. The number of fused-ring (bicyclic) bond motifs is 1. The number of rotatable bonds is 5. The summed E-state index contributed by atoms with van der Waals surface area (Å²) in [6.45, 7) is 3.99. The largest absolute Gasteiger partial charge is 0.481 e. The summed E-state index contributed by atoms with van der Waals surface area (Å²) in [5.41, 5.74) is 0.435. The van der Waals surface area contributed by atoms with Crippen molar-refractivity contribution in [2.75, 3.05) is 13.3 Å². The summed E-state index contributed by atoms with van der Waals surface area (Å²) >= 11 is 3.34. The average Bonchev–Trinajstić information content (AvgIpc) is 2.86. The maximum Gasteiger partial charge on any atom is 0.305 e. The van der Waals surface area contributed by atoms with Gasteiger partial charge in [0, 0.05) is 18.2 Å². The van der Waals surface area contributed by atoms with E-state index in [1.807, 2.05) is 13.8 Å². The predicted octanol–water partition coefficient (Wildman–Crippen LogP) is 2.50. The number of aliphatic carboxylic acids is 1. The van der Waals surface area contributed by atoms with Crippen LogP contribution in [0.1, 0.15) is 30.6 Å². The highest BCUT2D eigenvalue weighted by atomic mass is 79.9. The van der Waals surface area contributed by atoms with Gasteiger partial charge in [0.25, 0.3) is 5.91 Å². The number of amides is 1. The van der Waals surface area contributed by atoms with E-state index >= 15 is 0 Å². The zero-order valence-electron chi connectivity index (χ0n) is 11.8. The van der Waals surface area contributed by atoms with Gasteiger partial charge in [-0.1, -0.05) is 0 Å². The molecule has 1 aliphatic rings. The summed E-state index contributed by atoms with van der Waals surface area (Å²) in [5.74, 6) is -0.0755. The van der Waals surface area contributed by atoms with Crippen LogP contribution in [-0.4, -0.2) is 41.3 Å². The third kappa shape index (κ3) is 3.47. The van der Waals surface area contributed by atoms with Crippen molar-refractivity contribution >= 4 is 27.8 Å². The van der Waals surface area contributed by atoms with Crippen LogP contribution in [0.3, 0.4) is 0 Å². The normalized spacial score (nSPS) is 12.6. The van der Waals surface area contributed by atoms with E-state index in [2.05, 4.69) is 15.9 Å². The van der Waals surface area contributed by atoms with Crippen LogP contribution in [0.5, 0.6) is 11.5 Å². The molecular formula is C14H16BrNO5. The Hall–Kier alpha value is -1.76. The lowest BCUT2D eigenvalue weighted by atomic mass is 10.1. The van der Waals surface area contributed by atoms with E-state index in [4.69, 9.17) is 14.6 Å². The van der Waals surface area contributed by atoms with Crippen LogP contribution in [0.25, 0.3) is 0 Å². The molecule has 1 aromatic carbocycles. The monoisotopic (exact) mass is 357 g/mol. The number of carboxylic acids is 1. The minimum absolute atomic E-state index is 0.0877. The van der Waals surface area contributed by atoms with E-state index in [1.165, 1.54) is 4.90 Å². The molecule has 0 unspecified atom stereocenters. The minimum atomic E-state index is -0.930. The summed E-state index contributed by atoms with van der Waals surface area (Å²) in [6.07, 6.45) is -0.0877. The summed E-state index contributed by atoms with van der Waals surface area (Å²) < 4.78 is 11.2. The molecule has 1 amide bonds. The van der Waals surface area contributed by atoms with Crippen molar-refractivity contribution < 1.29 is 24.2 Å². The highest BCUT2D eigenvalue weighted by Gasteiger charge is 2.24. The lowest BCUT2D eigenvalue weighted by molar-refractivity contribution is -0.137. The molecular weight excluding hydrogens is 342 g/mol. The zero-order valence-corrected chi connectivity index (χ0v) is 13.3. The molecule has 0 fully saturated rings. The summed E-state index contributed by atoms with van der Waals surface area (Å²) in [4.78, 5) is 24.8. The molecule has 1 N–H and O–H groups in total. The molecule has 0 aliphatic carbocycles. The first kappa shape index (κ1) is 15.6. The van der Waals surface area contributed by atoms with Crippen LogP contribution in [0.4, 0.5) is 0 Å². The summed E-state index contributed by atoms with van der Waals surface area (Å²) in [6, 6.07) is 3.18. The zero-order chi connectivity index (χ0) is 15.6. The molecule has 0 spiro atoms. The topological polar surface area (TPSA) is 76.1 Å². The molecule has 2 rings (SSSR count). The van der Waals surface area contributed by atoms with Crippen LogP contribution in [0.2, 0.25) is 0 Å². The Balaban J connectivity index is 2.24. The van der Waals surface area contributed by atoms with E-state index in [0.717, 1.165) is 0 Å². The highest BCUT2D eigenvalue weighted by molar-refractivity contribution is 9.10. The molecule has 21 heavy (non-hydrogen) atoms. The van der Waals surface area contributed by atoms with E-state index in [1.54, 1.807) is 12.1 Å². The molecule has 0 radical (unpaired) electrons. The van der Waals surface area contributed by atoms with Crippen molar-refractivity contribution in [3.8, 4) is 11.5 Å². The number of ether oxygens (including phenoxy) is 2. The highest BCUT2D eigenvalue weighted by Crippen LogP contribution is 2.40. The van der Waals surface area contributed by atoms with Crippen molar-refractivity contribution in [2.45, 2.75) is 26.3 Å². The fourth-order valence-electron chi connectivity index (χ4n) is 2.07. The Labute approximate surface area is 130 Å². The number of hydrogen-bond acceptors (Lipinski definition) is 4. The fraction of sp³-hybridized carbons (Fsp3) is 0.429. The van der Waals surface area contributed by atoms with Crippen LogP contribution >= 0.6 is 15.9 Å². The van der Waals surface area contributed by atoms with Gasteiger partial charge in [-0.2, -0.15) is 0 Å². The smallest absolute Gasteiger partial charge is 0.305 e. The second-order valence-electron chi connectivity index (χ2n) is 4.93. The number of hydrogen-bond donors (Lipinski definition) is 1. The molecule has 1 aliphatic heterocycles. The van der Waals surface area contributed by atoms with Gasteiger partial charge in [-0.25, -0.2) is 0 Å². The van der Waals surface area contributed by atoms with Gasteiger partial charge >= 0.3 is 5.97 Å². The van der Waals surface area contributed by atoms with Crippen molar-refractivity contribution in [3.63, 3.8) is 0 Å². The maximum absolute atomic E-state index is 12.6. The van der Waals surface area contributed by atoms with Gasteiger partial charge in [0.1, 0.15) is 0 Å². The first-order chi connectivity index (χ1) is 9.90. The van der Waals surface area contributed by atoms with Crippen molar-refractivity contribution in [3.05, 3.63) is 22.2 Å². The maximum atomic E-state index is 12.6. The standard InChI is InChI=1S/C14H16BrNO5/c1-8(2)16(4-3-12(17)18)14(19)9-5-10(15)13-11(6-9)20-7-21-13/h5-6,8H,3-4,7H2,1-2H3,(H,17,18). The van der Waals surface area contributed by atoms with E-state index in [-0.39, 0.29) is 31.7 Å². The molecule has 114 valence electrons. The van der Waals surface area contributed by atoms with Gasteiger partial charge in [0.15, 0.2) is 11.5 Å². The Morgan fingerprint density at radius 1 is 1.38 bits per heavy atom. The van der Waals surface area contributed by atoms with E-state index in [9.17, 15) is 9.59 Å². The molecule has 0 bridgehead atoms. The molecule has 0 saturated heterocycles. The van der Waals surface area contributed by atoms with Gasteiger partial charge < -0.3 is 19.5 Å². The van der Waals surface area contributed by atoms with Crippen LogP contribution in [0, 0.1) is 0 Å². The van der Waals surface area contributed by atoms with Crippen molar-refractivity contribution in [1.29, 1.82) is 0 Å².